The highest BCUT2D eigenvalue weighted by atomic mass is 127. The Morgan fingerprint density at radius 3 is 2.46 bits per heavy atom. The van der Waals surface area contributed by atoms with Crippen LogP contribution in [0.1, 0.15) is 43.4 Å². The van der Waals surface area contributed by atoms with Gasteiger partial charge in [0, 0.05) is 25.1 Å². The van der Waals surface area contributed by atoms with E-state index in [0.717, 1.165) is 35.4 Å². The highest BCUT2D eigenvalue weighted by Gasteiger charge is 2.13. The Balaban J connectivity index is 0.00000392. The number of nitrogens with zero attached hydrogens (tertiary/aromatic N) is 2. The van der Waals surface area contributed by atoms with Crippen molar-refractivity contribution in [3.8, 4) is 0 Å². The minimum atomic E-state index is -0.0853. The van der Waals surface area contributed by atoms with Crippen LogP contribution in [-0.4, -0.2) is 30.1 Å². The third-order valence-electron chi connectivity index (χ3n) is 4.10. The first kappa shape index (κ1) is 23.9. The van der Waals surface area contributed by atoms with Crippen molar-refractivity contribution in [2.24, 2.45) is 4.99 Å². The van der Waals surface area contributed by atoms with Gasteiger partial charge in [0.1, 0.15) is 5.76 Å². The smallest absolute Gasteiger partial charge is 0.239 e. The van der Waals surface area contributed by atoms with Crippen LogP contribution in [0.5, 0.6) is 0 Å². The summed E-state index contributed by atoms with van der Waals surface area (Å²) in [6.07, 6.45) is 1.59. The molecule has 2 rings (SSSR count). The van der Waals surface area contributed by atoms with Gasteiger partial charge in [0.2, 0.25) is 5.91 Å². The fraction of sp³-hybridized carbons (Fsp3) is 0.450. The Labute approximate surface area is 183 Å². The molecule has 1 heterocycles. The van der Waals surface area contributed by atoms with E-state index >= 15 is 0 Å². The molecular weight excluding hydrogens is 469 g/mol. The van der Waals surface area contributed by atoms with Crippen LogP contribution in [0.2, 0.25) is 0 Å². The second-order valence-electron chi connectivity index (χ2n) is 6.05. The van der Waals surface area contributed by atoms with Gasteiger partial charge in [0.15, 0.2) is 5.96 Å². The summed E-state index contributed by atoms with van der Waals surface area (Å²) in [6, 6.07) is 9.82. The number of hydrogen-bond donors (Lipinski definition) is 3. The van der Waals surface area contributed by atoms with Gasteiger partial charge < -0.3 is 20.5 Å². The van der Waals surface area contributed by atoms with Gasteiger partial charge in [-0.25, -0.2) is 4.99 Å². The molecule has 0 saturated heterocycles. The highest BCUT2D eigenvalue weighted by molar-refractivity contribution is 14.0. The van der Waals surface area contributed by atoms with Gasteiger partial charge in [-0.2, -0.15) is 0 Å². The topological polar surface area (TPSA) is 91.6 Å². The molecule has 154 valence electrons. The summed E-state index contributed by atoms with van der Waals surface area (Å²) < 4.78 is 5.38. The molecule has 1 amide bonds. The maximum absolute atomic E-state index is 12.1. The molecule has 0 spiro atoms. The zero-order valence-corrected chi connectivity index (χ0v) is 19.1. The molecule has 8 heteroatoms. The lowest BCUT2D eigenvalue weighted by atomic mass is 10.1. The van der Waals surface area contributed by atoms with Crippen LogP contribution in [0.15, 0.2) is 39.8 Å². The van der Waals surface area contributed by atoms with Gasteiger partial charge >= 0.3 is 0 Å². The summed E-state index contributed by atoms with van der Waals surface area (Å²) in [6.45, 7) is 7.91. The molecular formula is C20H30IN5O2. The molecule has 7 nitrogen and oxygen atoms in total. The van der Waals surface area contributed by atoms with E-state index in [0.29, 0.717) is 25.6 Å². The van der Waals surface area contributed by atoms with Crippen molar-refractivity contribution in [2.75, 3.05) is 13.1 Å². The summed E-state index contributed by atoms with van der Waals surface area (Å²) in [4.78, 5) is 16.7. The fourth-order valence-corrected chi connectivity index (χ4v) is 2.64. The lowest BCUT2D eigenvalue weighted by Crippen LogP contribution is -2.43. The number of aromatic nitrogens is 1. The lowest BCUT2D eigenvalue weighted by molar-refractivity contribution is -0.120. The molecule has 0 fully saturated rings. The number of aryl methyl sites for hydroxylation is 2. The van der Waals surface area contributed by atoms with Crippen molar-refractivity contribution in [1.82, 2.24) is 21.1 Å². The number of benzene rings is 1. The minimum Gasteiger partial charge on any atom is -0.361 e. The predicted octanol–water partition coefficient (Wildman–Crippen LogP) is 2.79. The van der Waals surface area contributed by atoms with E-state index in [4.69, 9.17) is 4.52 Å². The maximum Gasteiger partial charge on any atom is 0.239 e. The number of rotatable bonds is 9. The van der Waals surface area contributed by atoms with E-state index in [-0.39, 0.29) is 36.4 Å². The molecule has 0 bridgehead atoms. The highest BCUT2D eigenvalue weighted by Crippen LogP contribution is 2.16. The number of carbonyl (C=O) groups is 1. The predicted molar refractivity (Wildman–Crippen MR) is 122 cm³/mol. The van der Waals surface area contributed by atoms with Crippen LogP contribution in [0.25, 0.3) is 0 Å². The van der Waals surface area contributed by atoms with Gasteiger partial charge in [-0.3, -0.25) is 4.79 Å². The number of hydrogen-bond acceptors (Lipinski definition) is 4. The number of amides is 1. The van der Waals surface area contributed by atoms with Crippen LogP contribution in [-0.2, 0) is 30.7 Å². The molecule has 0 aliphatic carbocycles. The zero-order chi connectivity index (χ0) is 19.5. The lowest BCUT2D eigenvalue weighted by Gasteiger charge is -2.11. The molecule has 1 aromatic heterocycles. The van der Waals surface area contributed by atoms with Gasteiger partial charge in [0.25, 0.3) is 0 Å². The van der Waals surface area contributed by atoms with Crippen molar-refractivity contribution >= 4 is 35.8 Å². The Hall–Kier alpha value is -2.10. The van der Waals surface area contributed by atoms with Crippen LogP contribution in [0.3, 0.4) is 0 Å². The summed E-state index contributed by atoms with van der Waals surface area (Å²) >= 11 is 0. The third kappa shape index (κ3) is 7.49. The fourth-order valence-electron chi connectivity index (χ4n) is 2.64. The first-order chi connectivity index (χ1) is 13.2. The van der Waals surface area contributed by atoms with Crippen LogP contribution >= 0.6 is 24.0 Å². The van der Waals surface area contributed by atoms with E-state index < -0.39 is 0 Å². The summed E-state index contributed by atoms with van der Waals surface area (Å²) in [5, 5.41) is 13.2. The zero-order valence-electron chi connectivity index (χ0n) is 16.7. The molecule has 28 heavy (non-hydrogen) atoms. The second kappa shape index (κ2) is 13.1. The average Bonchev–Trinajstić information content (AvgIpc) is 3.11. The van der Waals surface area contributed by atoms with E-state index in [9.17, 15) is 4.79 Å². The molecule has 3 N–H and O–H groups in total. The largest absolute Gasteiger partial charge is 0.361 e. The first-order valence-corrected chi connectivity index (χ1v) is 9.46. The van der Waals surface area contributed by atoms with E-state index in [1.54, 1.807) is 0 Å². The number of aliphatic imine (C=N–C) groups is 1. The normalized spacial score (nSPS) is 10.9. The summed E-state index contributed by atoms with van der Waals surface area (Å²) in [7, 11) is 0. The third-order valence-corrected chi connectivity index (χ3v) is 4.10. The number of carbonyl (C=O) groups excluding carboxylic acids is 1. The number of halogens is 1. The van der Waals surface area contributed by atoms with Crippen molar-refractivity contribution < 1.29 is 9.32 Å². The Bertz CT molecular complexity index is 725. The molecule has 0 radical (unpaired) electrons. The Kier molecular flexibility index (Phi) is 11.2. The number of nitrogens with one attached hydrogen (secondary N) is 3. The SMILES string of the molecule is CCNC(=NCc1c(CC)noc1CC)NCC(=O)NCc1ccccc1.I. The van der Waals surface area contributed by atoms with Crippen LogP contribution in [0, 0.1) is 0 Å². The van der Waals surface area contributed by atoms with Crippen molar-refractivity contribution in [2.45, 2.75) is 46.7 Å². The van der Waals surface area contributed by atoms with Crippen molar-refractivity contribution in [3.05, 3.63) is 52.9 Å². The first-order valence-electron chi connectivity index (χ1n) is 9.46. The summed E-state index contributed by atoms with van der Waals surface area (Å²) in [5.41, 5.74) is 3.04. The number of guanidine groups is 1. The van der Waals surface area contributed by atoms with Gasteiger partial charge in [-0.05, 0) is 18.9 Å². The maximum atomic E-state index is 12.1. The van der Waals surface area contributed by atoms with E-state index in [2.05, 4.69) is 26.1 Å². The van der Waals surface area contributed by atoms with Crippen LogP contribution < -0.4 is 16.0 Å². The molecule has 2 aromatic rings. The van der Waals surface area contributed by atoms with Crippen molar-refractivity contribution in [1.29, 1.82) is 0 Å². The average molecular weight is 499 g/mol. The standard InChI is InChI=1S/C20H29N5O2.HI/c1-4-17-16(18(5-2)27-25-17)13-23-20(21-6-3)24-14-19(26)22-12-15-10-8-7-9-11-15;/h7-11H,4-6,12-14H2,1-3H3,(H,22,26)(H2,21,23,24);1H. The second-order valence-corrected chi connectivity index (χ2v) is 6.05. The van der Waals surface area contributed by atoms with Gasteiger partial charge in [-0.1, -0.05) is 49.3 Å². The van der Waals surface area contributed by atoms with E-state index in [1.165, 1.54) is 0 Å². The van der Waals surface area contributed by atoms with Gasteiger partial charge in [-0.15, -0.1) is 24.0 Å². The van der Waals surface area contributed by atoms with Gasteiger partial charge in [0.05, 0.1) is 18.8 Å². The quantitative estimate of drug-likeness (QED) is 0.281. The molecule has 0 atom stereocenters. The van der Waals surface area contributed by atoms with E-state index in [1.807, 2.05) is 51.1 Å². The van der Waals surface area contributed by atoms with Crippen molar-refractivity contribution in [3.63, 3.8) is 0 Å². The molecule has 0 saturated carbocycles. The summed E-state index contributed by atoms with van der Waals surface area (Å²) in [5.74, 6) is 1.38. The Morgan fingerprint density at radius 2 is 1.82 bits per heavy atom. The molecule has 0 aliphatic rings. The molecule has 1 aromatic carbocycles. The molecule has 0 unspecified atom stereocenters. The monoisotopic (exact) mass is 499 g/mol. The van der Waals surface area contributed by atoms with Crippen LogP contribution in [0.4, 0.5) is 0 Å². The molecule has 0 aliphatic heterocycles. The minimum absolute atomic E-state index is 0. The Morgan fingerprint density at radius 1 is 1.07 bits per heavy atom.